The molecule has 4 rings (SSSR count). The summed E-state index contributed by atoms with van der Waals surface area (Å²) in [7, 11) is 1.74. The number of rotatable bonds is 7. The standard InChI is InChI=1S/C24H39N5O2/c1-3-25-24(29-12-9-21(19-29)27-13-15-31-16-14-27)26-18-23(28-10-4-5-11-28)20-7-6-8-22(17-20)30-2/h6-8,17,21,23H,3-5,9-16,18-19H2,1-2H3,(H,25,26). The molecule has 0 radical (unpaired) electrons. The van der Waals surface area contributed by atoms with Gasteiger partial charge in [0.05, 0.1) is 32.9 Å². The first-order valence-electron chi connectivity index (χ1n) is 12.0. The zero-order chi connectivity index (χ0) is 21.5. The van der Waals surface area contributed by atoms with Gasteiger partial charge in [-0.25, -0.2) is 0 Å². The molecule has 0 saturated carbocycles. The molecule has 0 spiro atoms. The van der Waals surface area contributed by atoms with Crippen molar-refractivity contribution in [1.82, 2.24) is 20.0 Å². The zero-order valence-electron chi connectivity index (χ0n) is 19.3. The van der Waals surface area contributed by atoms with Crippen molar-refractivity contribution in [1.29, 1.82) is 0 Å². The van der Waals surface area contributed by atoms with Gasteiger partial charge in [0.2, 0.25) is 0 Å². The molecule has 1 N–H and O–H groups in total. The molecule has 3 aliphatic heterocycles. The second-order valence-electron chi connectivity index (χ2n) is 8.77. The molecular weight excluding hydrogens is 390 g/mol. The van der Waals surface area contributed by atoms with Crippen LogP contribution in [0.25, 0.3) is 0 Å². The first-order valence-corrected chi connectivity index (χ1v) is 12.0. The number of nitrogens with one attached hydrogen (secondary N) is 1. The van der Waals surface area contributed by atoms with Gasteiger partial charge in [-0.3, -0.25) is 14.8 Å². The Kier molecular flexibility index (Phi) is 8.05. The minimum Gasteiger partial charge on any atom is -0.497 e. The van der Waals surface area contributed by atoms with Crippen LogP contribution in [0.1, 0.15) is 37.8 Å². The van der Waals surface area contributed by atoms with E-state index in [-0.39, 0.29) is 0 Å². The molecule has 0 amide bonds. The second-order valence-corrected chi connectivity index (χ2v) is 8.77. The SMILES string of the molecule is CCNC(=NCC(c1cccc(OC)c1)N1CCCC1)N1CCC(N2CCOCC2)C1. The van der Waals surface area contributed by atoms with Crippen LogP contribution in [0, 0.1) is 0 Å². The Labute approximate surface area is 187 Å². The Hall–Kier alpha value is -1.83. The van der Waals surface area contributed by atoms with Crippen LogP contribution < -0.4 is 10.1 Å². The van der Waals surface area contributed by atoms with E-state index in [0.717, 1.165) is 77.3 Å². The molecule has 2 atom stereocenters. The van der Waals surface area contributed by atoms with Gasteiger partial charge in [-0.05, 0) is 57.0 Å². The van der Waals surface area contributed by atoms with Gasteiger partial charge in [0.1, 0.15) is 5.75 Å². The predicted molar refractivity (Wildman–Crippen MR) is 125 cm³/mol. The lowest BCUT2D eigenvalue weighted by molar-refractivity contribution is 0.0195. The number of benzene rings is 1. The number of hydrogen-bond donors (Lipinski definition) is 1. The summed E-state index contributed by atoms with van der Waals surface area (Å²) in [5.74, 6) is 1.98. The van der Waals surface area contributed by atoms with E-state index < -0.39 is 0 Å². The van der Waals surface area contributed by atoms with E-state index in [2.05, 4.69) is 45.1 Å². The summed E-state index contributed by atoms with van der Waals surface area (Å²) in [6.07, 6.45) is 3.76. The summed E-state index contributed by atoms with van der Waals surface area (Å²) in [6, 6.07) is 9.42. The molecule has 172 valence electrons. The fourth-order valence-corrected chi connectivity index (χ4v) is 5.11. The number of morpholine rings is 1. The lowest BCUT2D eigenvalue weighted by atomic mass is 10.1. The highest BCUT2D eigenvalue weighted by atomic mass is 16.5. The zero-order valence-corrected chi connectivity index (χ0v) is 19.3. The minimum absolute atomic E-state index is 0.295. The van der Waals surface area contributed by atoms with Gasteiger partial charge < -0.3 is 19.7 Å². The van der Waals surface area contributed by atoms with E-state index in [1.807, 2.05) is 6.07 Å². The largest absolute Gasteiger partial charge is 0.497 e. The smallest absolute Gasteiger partial charge is 0.194 e. The van der Waals surface area contributed by atoms with Crippen LogP contribution in [0.5, 0.6) is 5.75 Å². The van der Waals surface area contributed by atoms with Crippen molar-refractivity contribution < 1.29 is 9.47 Å². The molecule has 1 aromatic rings. The van der Waals surface area contributed by atoms with Crippen molar-refractivity contribution in [2.24, 2.45) is 4.99 Å². The molecule has 7 nitrogen and oxygen atoms in total. The number of methoxy groups -OCH3 is 1. The maximum Gasteiger partial charge on any atom is 0.194 e. The van der Waals surface area contributed by atoms with Gasteiger partial charge in [-0.15, -0.1) is 0 Å². The lowest BCUT2D eigenvalue weighted by Gasteiger charge is -2.32. The fourth-order valence-electron chi connectivity index (χ4n) is 5.11. The maximum absolute atomic E-state index is 5.54. The summed E-state index contributed by atoms with van der Waals surface area (Å²) >= 11 is 0. The normalized spacial score (nSPS) is 24.5. The monoisotopic (exact) mass is 429 g/mol. The van der Waals surface area contributed by atoms with E-state index in [0.29, 0.717) is 12.1 Å². The van der Waals surface area contributed by atoms with Gasteiger partial charge in [-0.1, -0.05) is 12.1 Å². The Morgan fingerprint density at radius 3 is 2.74 bits per heavy atom. The van der Waals surface area contributed by atoms with Crippen LogP contribution in [0.4, 0.5) is 0 Å². The second kappa shape index (κ2) is 11.2. The van der Waals surface area contributed by atoms with Crippen molar-refractivity contribution >= 4 is 5.96 Å². The number of aliphatic imine (C=N–C) groups is 1. The van der Waals surface area contributed by atoms with E-state index in [4.69, 9.17) is 14.5 Å². The molecular formula is C24H39N5O2. The topological polar surface area (TPSA) is 52.6 Å². The fraction of sp³-hybridized carbons (Fsp3) is 0.708. The Bertz CT molecular complexity index is 716. The third-order valence-corrected chi connectivity index (χ3v) is 6.83. The summed E-state index contributed by atoms with van der Waals surface area (Å²) in [5, 5.41) is 3.56. The Balaban J connectivity index is 1.47. The highest BCUT2D eigenvalue weighted by molar-refractivity contribution is 5.80. The highest BCUT2D eigenvalue weighted by Gasteiger charge is 2.31. The summed E-state index contributed by atoms with van der Waals surface area (Å²) in [6.45, 7) is 12.1. The van der Waals surface area contributed by atoms with E-state index in [1.165, 1.54) is 24.8 Å². The molecule has 3 aliphatic rings. The Morgan fingerprint density at radius 1 is 1.19 bits per heavy atom. The minimum atomic E-state index is 0.295. The van der Waals surface area contributed by atoms with Crippen LogP contribution in [-0.2, 0) is 4.74 Å². The van der Waals surface area contributed by atoms with Crippen LogP contribution in [-0.4, -0.2) is 99.4 Å². The third kappa shape index (κ3) is 5.70. The van der Waals surface area contributed by atoms with Crippen LogP contribution in [0.3, 0.4) is 0 Å². The summed E-state index contributed by atoms with van der Waals surface area (Å²) in [5.41, 5.74) is 1.30. The van der Waals surface area contributed by atoms with Gasteiger partial charge in [0, 0.05) is 38.8 Å². The van der Waals surface area contributed by atoms with E-state index in [9.17, 15) is 0 Å². The van der Waals surface area contributed by atoms with Crippen LogP contribution in [0.2, 0.25) is 0 Å². The number of ether oxygens (including phenoxy) is 2. The highest BCUT2D eigenvalue weighted by Crippen LogP contribution is 2.28. The summed E-state index contributed by atoms with van der Waals surface area (Å²) < 4.78 is 11.0. The van der Waals surface area contributed by atoms with Crippen molar-refractivity contribution in [3.05, 3.63) is 29.8 Å². The number of likely N-dealkylation sites (tertiary alicyclic amines) is 2. The molecule has 0 bridgehead atoms. The number of nitrogens with zero attached hydrogens (tertiary/aromatic N) is 4. The molecule has 7 heteroatoms. The molecule has 1 aromatic carbocycles. The molecule has 3 saturated heterocycles. The maximum atomic E-state index is 5.54. The van der Waals surface area contributed by atoms with Gasteiger partial charge >= 0.3 is 0 Å². The molecule has 2 unspecified atom stereocenters. The van der Waals surface area contributed by atoms with Crippen molar-refractivity contribution in [3.63, 3.8) is 0 Å². The third-order valence-electron chi connectivity index (χ3n) is 6.83. The number of guanidine groups is 1. The molecule has 31 heavy (non-hydrogen) atoms. The van der Waals surface area contributed by atoms with Crippen molar-refractivity contribution in [3.8, 4) is 5.75 Å². The van der Waals surface area contributed by atoms with Crippen molar-refractivity contribution in [2.45, 2.75) is 38.3 Å². The van der Waals surface area contributed by atoms with Gasteiger partial charge in [-0.2, -0.15) is 0 Å². The average molecular weight is 430 g/mol. The van der Waals surface area contributed by atoms with Gasteiger partial charge in [0.15, 0.2) is 5.96 Å². The average Bonchev–Trinajstić information content (AvgIpc) is 3.52. The van der Waals surface area contributed by atoms with E-state index in [1.54, 1.807) is 7.11 Å². The van der Waals surface area contributed by atoms with Crippen LogP contribution in [0.15, 0.2) is 29.3 Å². The predicted octanol–water partition coefficient (Wildman–Crippen LogP) is 2.20. The lowest BCUT2D eigenvalue weighted by Crippen LogP contribution is -2.46. The molecule has 3 fully saturated rings. The molecule has 0 aliphatic carbocycles. The first-order chi connectivity index (χ1) is 15.3. The quantitative estimate of drug-likeness (QED) is 0.530. The first kappa shape index (κ1) is 22.4. The Morgan fingerprint density at radius 2 is 2.00 bits per heavy atom. The van der Waals surface area contributed by atoms with E-state index >= 15 is 0 Å². The number of hydrogen-bond acceptors (Lipinski definition) is 5. The molecule has 0 aromatic heterocycles. The van der Waals surface area contributed by atoms with Gasteiger partial charge in [0.25, 0.3) is 0 Å². The van der Waals surface area contributed by atoms with Crippen molar-refractivity contribution in [2.75, 3.05) is 72.7 Å². The molecule has 3 heterocycles. The van der Waals surface area contributed by atoms with Crippen LogP contribution >= 0.6 is 0 Å². The summed E-state index contributed by atoms with van der Waals surface area (Å²) in [4.78, 5) is 12.8.